The maximum Gasteiger partial charge on any atom is 0.441 e. The van der Waals surface area contributed by atoms with Crippen LogP contribution in [-0.2, 0) is 30.2 Å². The summed E-state index contributed by atoms with van der Waals surface area (Å²) < 4.78 is 26.5. The first-order valence-corrected chi connectivity index (χ1v) is 18.0. The third-order valence-electron chi connectivity index (χ3n) is 7.91. The monoisotopic (exact) mass is 706 g/mol. The average molecular weight is 707 g/mol. The Hall–Kier alpha value is -5.98. The number of carbonyl (C=O) groups excluding carboxylic acids is 1. The van der Waals surface area contributed by atoms with Gasteiger partial charge in [0.2, 0.25) is 16.0 Å². The Bertz CT molecular complexity index is 2130. The van der Waals surface area contributed by atoms with Gasteiger partial charge in [-0.1, -0.05) is 49.4 Å². The Balaban J connectivity index is 1.29. The van der Waals surface area contributed by atoms with E-state index in [4.69, 9.17) is 10.1 Å². The predicted octanol–water partition coefficient (Wildman–Crippen LogP) is 5.09. The van der Waals surface area contributed by atoms with Crippen molar-refractivity contribution in [1.82, 2.24) is 30.0 Å². The second-order valence-corrected chi connectivity index (χ2v) is 13.3. The highest BCUT2D eigenvalue weighted by molar-refractivity contribution is 7.89. The summed E-state index contributed by atoms with van der Waals surface area (Å²) in [6.07, 6.45) is 9.66. The summed E-state index contributed by atoms with van der Waals surface area (Å²) in [6.45, 7) is 3.24. The zero-order valence-corrected chi connectivity index (χ0v) is 29.3. The number of anilines is 2. The van der Waals surface area contributed by atoms with Gasteiger partial charge in [-0.25, -0.2) is 23.3 Å². The number of sulfonamides is 1. The Kier molecular flexibility index (Phi) is 12.2. The SMILES string of the molecule is CCC/C(CCCNc1ncc(C#N)c(NCc2ccc(S(N)(=O)=O)cc2)n1)=[N+](\C(=O)NCc1ccccc1)c1ccc(-c2cnn(C)c2)cn1. The van der Waals surface area contributed by atoms with Crippen LogP contribution >= 0.6 is 0 Å². The van der Waals surface area contributed by atoms with Crippen molar-refractivity contribution in [3.8, 4) is 17.2 Å². The lowest BCUT2D eigenvalue weighted by atomic mass is 10.1. The number of aromatic nitrogens is 5. The minimum absolute atomic E-state index is 0.0164. The molecule has 14 nitrogen and oxygen atoms in total. The van der Waals surface area contributed by atoms with Gasteiger partial charge >= 0.3 is 6.03 Å². The molecule has 0 bridgehead atoms. The summed E-state index contributed by atoms with van der Waals surface area (Å²) in [5, 5.41) is 28.5. The number of primary sulfonamides is 1. The molecule has 2 amide bonds. The lowest BCUT2D eigenvalue weighted by Gasteiger charge is -2.14. The van der Waals surface area contributed by atoms with E-state index in [-0.39, 0.29) is 16.5 Å². The minimum Gasteiger partial charge on any atom is -0.365 e. The number of nitriles is 1. The number of rotatable bonds is 15. The molecule has 0 spiro atoms. The van der Waals surface area contributed by atoms with E-state index < -0.39 is 10.0 Å². The van der Waals surface area contributed by atoms with Gasteiger partial charge < -0.3 is 10.6 Å². The predicted molar refractivity (Wildman–Crippen MR) is 195 cm³/mol. The number of carbonyl (C=O) groups is 1. The summed E-state index contributed by atoms with van der Waals surface area (Å²) in [4.78, 5) is 27.3. The van der Waals surface area contributed by atoms with Gasteiger partial charge in [0.05, 0.1) is 29.5 Å². The van der Waals surface area contributed by atoms with Crippen LogP contribution in [0.1, 0.15) is 49.3 Å². The van der Waals surface area contributed by atoms with E-state index >= 15 is 0 Å². The maximum absolute atomic E-state index is 13.8. The number of pyridine rings is 1. The lowest BCUT2D eigenvalue weighted by Crippen LogP contribution is -2.34. The molecule has 0 aliphatic rings. The number of amides is 2. The first-order valence-electron chi connectivity index (χ1n) is 16.4. The third kappa shape index (κ3) is 10.0. The minimum atomic E-state index is -3.79. The number of nitrogens with two attached hydrogens (primary N) is 1. The van der Waals surface area contributed by atoms with E-state index in [1.54, 1.807) is 33.8 Å². The van der Waals surface area contributed by atoms with Crippen molar-refractivity contribution in [2.24, 2.45) is 12.2 Å². The van der Waals surface area contributed by atoms with Crippen molar-refractivity contribution in [3.05, 3.63) is 108 Å². The number of aryl methyl sites for hydroxylation is 1. The Morgan fingerprint density at radius 1 is 0.922 bits per heavy atom. The molecule has 5 rings (SSSR count). The molecule has 5 aromatic rings. The van der Waals surface area contributed by atoms with Crippen molar-refractivity contribution in [2.45, 2.75) is 50.6 Å². The van der Waals surface area contributed by atoms with E-state index in [9.17, 15) is 18.5 Å². The summed E-state index contributed by atoms with van der Waals surface area (Å²) in [6, 6.07) is 21.5. The van der Waals surface area contributed by atoms with E-state index in [1.165, 1.54) is 18.3 Å². The molecule has 262 valence electrons. The molecule has 3 heterocycles. The standard InChI is InChI=1S/C36H39N11O3S/c1-3-8-31(11-7-18-39-35-42-23-29(19-37)34(45-35)41-20-27-12-15-32(16-13-27)51(38,49)50)47(36(48)43-21-26-9-5-4-6-10-26)33-17-14-28(22-40-33)30-24-44-46(2)25-30/h4-6,9-10,12-17,22-25H,3,7-8,11,18,20-21H2,1-2H3,(H4-,38,39,41,42,43,45,48,49,50)/p+1/b47-31+. The van der Waals surface area contributed by atoms with Crippen LogP contribution in [-0.4, -0.2) is 56.0 Å². The molecule has 51 heavy (non-hydrogen) atoms. The quantitative estimate of drug-likeness (QED) is 0.0647. The molecule has 0 aliphatic heterocycles. The first-order chi connectivity index (χ1) is 24.6. The first kappa shape index (κ1) is 36.3. The van der Waals surface area contributed by atoms with Crippen molar-refractivity contribution < 1.29 is 17.8 Å². The normalized spacial score (nSPS) is 11.7. The lowest BCUT2D eigenvalue weighted by molar-refractivity contribution is -0.342. The second-order valence-electron chi connectivity index (χ2n) is 11.7. The highest BCUT2D eigenvalue weighted by Crippen LogP contribution is 2.21. The van der Waals surface area contributed by atoms with E-state index in [2.05, 4.69) is 44.0 Å². The van der Waals surface area contributed by atoms with E-state index in [0.717, 1.165) is 34.4 Å². The fourth-order valence-corrected chi connectivity index (χ4v) is 5.83. The van der Waals surface area contributed by atoms with Gasteiger partial charge in [-0.15, -0.1) is 4.98 Å². The number of hydrogen-bond donors (Lipinski definition) is 4. The molecule has 0 unspecified atom stereocenters. The molecule has 0 fully saturated rings. The zero-order valence-electron chi connectivity index (χ0n) is 28.5. The van der Waals surface area contributed by atoms with Crippen molar-refractivity contribution in [1.29, 1.82) is 5.26 Å². The smallest absolute Gasteiger partial charge is 0.365 e. The molecule has 0 radical (unpaired) electrons. The van der Waals surface area contributed by atoms with Gasteiger partial charge in [0, 0.05) is 49.9 Å². The van der Waals surface area contributed by atoms with Gasteiger partial charge in [0.1, 0.15) is 23.6 Å². The molecule has 0 atom stereocenters. The van der Waals surface area contributed by atoms with Crippen LogP contribution in [0.5, 0.6) is 0 Å². The number of nitrogens with zero attached hydrogens (tertiary/aromatic N) is 7. The summed E-state index contributed by atoms with van der Waals surface area (Å²) in [7, 11) is -1.93. The third-order valence-corrected chi connectivity index (χ3v) is 8.84. The van der Waals surface area contributed by atoms with E-state index in [0.29, 0.717) is 56.5 Å². The Morgan fingerprint density at radius 2 is 1.69 bits per heavy atom. The van der Waals surface area contributed by atoms with Crippen molar-refractivity contribution in [2.75, 3.05) is 17.2 Å². The van der Waals surface area contributed by atoms with Crippen molar-refractivity contribution >= 4 is 39.4 Å². The topological polar surface area (TPSA) is 197 Å². The van der Waals surface area contributed by atoms with Gasteiger partial charge in [-0.2, -0.15) is 19.9 Å². The van der Waals surface area contributed by atoms with Crippen molar-refractivity contribution in [3.63, 3.8) is 0 Å². The molecule has 3 aromatic heterocycles. The fraction of sp³-hybridized carbons (Fsp3) is 0.250. The number of benzene rings is 2. The summed E-state index contributed by atoms with van der Waals surface area (Å²) in [5.41, 5.74) is 4.78. The average Bonchev–Trinajstić information content (AvgIpc) is 3.58. The van der Waals surface area contributed by atoms with Gasteiger partial charge in [-0.05, 0) is 48.6 Å². The highest BCUT2D eigenvalue weighted by Gasteiger charge is 2.23. The van der Waals surface area contributed by atoms with Crippen LogP contribution in [0.3, 0.4) is 0 Å². The molecule has 0 saturated heterocycles. The summed E-state index contributed by atoms with van der Waals surface area (Å²) >= 11 is 0. The van der Waals surface area contributed by atoms with Crippen LogP contribution in [0.15, 0.2) is 96.4 Å². The molecule has 0 aliphatic carbocycles. The van der Waals surface area contributed by atoms with Crippen LogP contribution in [0.4, 0.5) is 22.4 Å². The van der Waals surface area contributed by atoms with Gasteiger partial charge in [-0.3, -0.25) is 10.00 Å². The highest BCUT2D eigenvalue weighted by atomic mass is 32.2. The molecule has 5 N–H and O–H groups in total. The maximum atomic E-state index is 13.8. The van der Waals surface area contributed by atoms with Crippen LogP contribution in [0.25, 0.3) is 11.1 Å². The largest absolute Gasteiger partial charge is 0.441 e. The Labute approximate surface area is 297 Å². The van der Waals surface area contributed by atoms with Crippen LogP contribution in [0, 0.1) is 11.3 Å². The van der Waals surface area contributed by atoms with Crippen LogP contribution in [0.2, 0.25) is 0 Å². The Morgan fingerprint density at radius 3 is 2.33 bits per heavy atom. The number of hydrogen-bond acceptors (Lipinski definition) is 10. The van der Waals surface area contributed by atoms with Gasteiger partial charge in [0.25, 0.3) is 5.82 Å². The van der Waals surface area contributed by atoms with Crippen LogP contribution < -0.4 is 21.1 Å². The molecule has 15 heteroatoms. The number of nitrogens with one attached hydrogen (secondary N) is 3. The molecular formula is C36H40N11O3S+. The number of urea groups is 1. The molecule has 2 aromatic carbocycles. The second kappa shape index (κ2) is 17.1. The summed E-state index contributed by atoms with van der Waals surface area (Å²) in [5.74, 6) is 1.20. The van der Waals surface area contributed by atoms with E-state index in [1.807, 2.05) is 55.7 Å². The zero-order chi connectivity index (χ0) is 36.2. The molecule has 0 saturated carbocycles. The fourth-order valence-electron chi connectivity index (χ4n) is 5.32. The molecular weight excluding hydrogens is 667 g/mol. The van der Waals surface area contributed by atoms with Gasteiger partial charge in [0.15, 0.2) is 0 Å².